The quantitative estimate of drug-likeness (QED) is 0.748. The Morgan fingerprint density at radius 1 is 1.12 bits per heavy atom. The number of benzene rings is 2. The number of nitriles is 1. The molecular weight excluding hydrogens is 319 g/mol. The second-order valence-electron chi connectivity index (χ2n) is 5.40. The van der Waals surface area contributed by atoms with E-state index in [0.717, 1.165) is 5.56 Å². The first kappa shape index (κ1) is 16.6. The van der Waals surface area contributed by atoms with Gasteiger partial charge >= 0.3 is 0 Å². The Hall–Kier alpha value is -3.30. The van der Waals surface area contributed by atoms with Gasteiger partial charge in [0.1, 0.15) is 24.0 Å². The molecule has 0 aliphatic rings. The van der Waals surface area contributed by atoms with Gasteiger partial charge in [-0.3, -0.25) is 0 Å². The highest BCUT2D eigenvalue weighted by molar-refractivity contribution is 5.64. The lowest BCUT2D eigenvalue weighted by molar-refractivity contribution is 0.191. The zero-order chi connectivity index (χ0) is 17.6. The van der Waals surface area contributed by atoms with E-state index in [4.69, 9.17) is 5.26 Å². The summed E-state index contributed by atoms with van der Waals surface area (Å²) < 4.78 is 13.4. The van der Waals surface area contributed by atoms with E-state index in [-0.39, 0.29) is 12.1 Å². The number of nitrogens with zero attached hydrogens (tertiary/aromatic N) is 3. The average Bonchev–Trinajstić information content (AvgIpc) is 2.67. The van der Waals surface area contributed by atoms with Crippen molar-refractivity contribution in [1.82, 2.24) is 9.97 Å². The van der Waals surface area contributed by atoms with E-state index in [0.29, 0.717) is 17.1 Å². The third kappa shape index (κ3) is 3.97. The molecule has 0 saturated carbocycles. The molecule has 6 heteroatoms. The van der Waals surface area contributed by atoms with Crippen LogP contribution in [-0.4, -0.2) is 21.6 Å². The molecule has 0 bridgehead atoms. The van der Waals surface area contributed by atoms with Gasteiger partial charge in [0.15, 0.2) is 0 Å². The fourth-order valence-electron chi connectivity index (χ4n) is 2.38. The second-order valence-corrected chi connectivity index (χ2v) is 5.40. The maximum absolute atomic E-state index is 13.4. The van der Waals surface area contributed by atoms with Gasteiger partial charge in [-0.2, -0.15) is 5.26 Å². The van der Waals surface area contributed by atoms with E-state index >= 15 is 0 Å². The number of hydrogen-bond donors (Lipinski definition) is 2. The molecule has 3 rings (SSSR count). The van der Waals surface area contributed by atoms with E-state index < -0.39 is 11.9 Å². The van der Waals surface area contributed by atoms with Crippen LogP contribution in [0.4, 0.5) is 10.2 Å². The molecule has 0 radical (unpaired) electrons. The molecule has 1 atom stereocenters. The molecule has 2 aromatic carbocycles. The molecule has 0 spiro atoms. The van der Waals surface area contributed by atoms with Gasteiger partial charge in [0.05, 0.1) is 17.4 Å². The Kier molecular flexibility index (Phi) is 4.97. The van der Waals surface area contributed by atoms with Crippen molar-refractivity contribution in [2.75, 3.05) is 11.9 Å². The van der Waals surface area contributed by atoms with E-state index in [1.807, 2.05) is 36.4 Å². The summed E-state index contributed by atoms with van der Waals surface area (Å²) in [6.45, 7) is 0.285. The van der Waals surface area contributed by atoms with Crippen LogP contribution in [0.1, 0.15) is 17.2 Å². The third-order valence-corrected chi connectivity index (χ3v) is 3.71. The molecule has 0 amide bonds. The van der Waals surface area contributed by atoms with Gasteiger partial charge in [0.2, 0.25) is 0 Å². The standard InChI is InChI=1S/C19H15FN4O/c20-16-7-6-14(8-15(16)10-21)17-9-19(24-12-23-17)22-11-18(25)13-4-2-1-3-5-13/h1-9,12,18,25H,11H2,(H,22,23,24)/t18-/m0/s1. The number of nitrogens with one attached hydrogen (secondary N) is 1. The highest BCUT2D eigenvalue weighted by Gasteiger charge is 2.09. The smallest absolute Gasteiger partial charge is 0.140 e. The number of halogens is 1. The van der Waals surface area contributed by atoms with Crippen molar-refractivity contribution in [2.24, 2.45) is 0 Å². The molecule has 2 N–H and O–H groups in total. The first-order valence-corrected chi connectivity index (χ1v) is 7.66. The first-order valence-electron chi connectivity index (χ1n) is 7.66. The van der Waals surface area contributed by atoms with Crippen LogP contribution in [0.2, 0.25) is 0 Å². The van der Waals surface area contributed by atoms with Gasteiger partial charge in [-0.15, -0.1) is 0 Å². The minimum atomic E-state index is -0.671. The van der Waals surface area contributed by atoms with E-state index in [1.165, 1.54) is 18.5 Å². The molecular formula is C19H15FN4O. The Bertz CT molecular complexity index is 909. The van der Waals surface area contributed by atoms with Gasteiger partial charge in [0, 0.05) is 18.2 Å². The molecule has 124 valence electrons. The van der Waals surface area contributed by atoms with Crippen LogP contribution in [0.15, 0.2) is 60.9 Å². The number of aliphatic hydroxyl groups is 1. The molecule has 0 fully saturated rings. The van der Waals surface area contributed by atoms with Gasteiger partial charge < -0.3 is 10.4 Å². The van der Waals surface area contributed by atoms with Crippen LogP contribution in [0.5, 0.6) is 0 Å². The number of hydrogen-bond acceptors (Lipinski definition) is 5. The predicted octanol–water partition coefficient (Wildman–Crippen LogP) is 3.30. The molecule has 1 heterocycles. The van der Waals surface area contributed by atoms with Crippen LogP contribution in [-0.2, 0) is 0 Å². The number of anilines is 1. The number of aromatic nitrogens is 2. The van der Waals surface area contributed by atoms with Gasteiger partial charge in [-0.1, -0.05) is 30.3 Å². The summed E-state index contributed by atoms with van der Waals surface area (Å²) in [5.74, 6) is -0.0348. The molecule has 0 saturated heterocycles. The highest BCUT2D eigenvalue weighted by atomic mass is 19.1. The van der Waals surface area contributed by atoms with Crippen LogP contribution >= 0.6 is 0 Å². The Balaban J connectivity index is 1.75. The van der Waals surface area contributed by atoms with Crippen molar-refractivity contribution in [3.63, 3.8) is 0 Å². The number of aliphatic hydroxyl groups excluding tert-OH is 1. The predicted molar refractivity (Wildman–Crippen MR) is 92.0 cm³/mol. The summed E-state index contributed by atoms with van der Waals surface area (Å²) in [5, 5.41) is 22.2. The van der Waals surface area contributed by atoms with Crippen molar-refractivity contribution in [3.8, 4) is 17.3 Å². The summed E-state index contributed by atoms with van der Waals surface area (Å²) in [6, 6.07) is 17.0. The fraction of sp³-hybridized carbons (Fsp3) is 0.105. The topological polar surface area (TPSA) is 81.8 Å². The molecule has 0 unspecified atom stereocenters. The SMILES string of the molecule is N#Cc1cc(-c2cc(NC[C@H](O)c3ccccc3)ncn2)ccc1F. The summed E-state index contributed by atoms with van der Waals surface area (Å²) in [7, 11) is 0. The number of rotatable bonds is 5. The molecule has 0 aliphatic carbocycles. The van der Waals surface area contributed by atoms with Gasteiger partial charge in [0.25, 0.3) is 0 Å². The maximum Gasteiger partial charge on any atom is 0.140 e. The largest absolute Gasteiger partial charge is 0.387 e. The Labute approximate surface area is 144 Å². The summed E-state index contributed by atoms with van der Waals surface area (Å²) in [4.78, 5) is 8.27. The maximum atomic E-state index is 13.4. The van der Waals surface area contributed by atoms with Crippen LogP contribution < -0.4 is 5.32 Å². The van der Waals surface area contributed by atoms with Crippen molar-refractivity contribution in [2.45, 2.75) is 6.10 Å². The van der Waals surface area contributed by atoms with Crippen molar-refractivity contribution < 1.29 is 9.50 Å². The normalized spacial score (nSPS) is 11.6. The summed E-state index contributed by atoms with van der Waals surface area (Å²) >= 11 is 0. The first-order chi connectivity index (χ1) is 12.2. The molecule has 1 aromatic heterocycles. The van der Waals surface area contributed by atoms with Crippen LogP contribution in [0.25, 0.3) is 11.3 Å². The molecule has 3 aromatic rings. The zero-order valence-corrected chi connectivity index (χ0v) is 13.2. The van der Waals surface area contributed by atoms with E-state index in [1.54, 1.807) is 12.1 Å². The minimum Gasteiger partial charge on any atom is -0.387 e. The monoisotopic (exact) mass is 334 g/mol. The zero-order valence-electron chi connectivity index (χ0n) is 13.2. The van der Waals surface area contributed by atoms with Crippen molar-refractivity contribution in [3.05, 3.63) is 77.9 Å². The van der Waals surface area contributed by atoms with E-state index in [9.17, 15) is 9.50 Å². The lowest BCUT2D eigenvalue weighted by Gasteiger charge is -2.13. The van der Waals surface area contributed by atoms with Crippen LogP contribution in [0.3, 0.4) is 0 Å². The van der Waals surface area contributed by atoms with E-state index in [2.05, 4.69) is 15.3 Å². The minimum absolute atomic E-state index is 0.0369. The van der Waals surface area contributed by atoms with Gasteiger partial charge in [-0.25, -0.2) is 14.4 Å². The van der Waals surface area contributed by atoms with Crippen molar-refractivity contribution >= 4 is 5.82 Å². The Morgan fingerprint density at radius 2 is 1.92 bits per heavy atom. The molecule has 5 nitrogen and oxygen atoms in total. The second kappa shape index (κ2) is 7.51. The fourth-order valence-corrected chi connectivity index (χ4v) is 2.38. The summed E-state index contributed by atoms with van der Waals surface area (Å²) in [6.07, 6.45) is 0.706. The summed E-state index contributed by atoms with van der Waals surface area (Å²) in [5.41, 5.74) is 1.95. The molecule has 0 aliphatic heterocycles. The average molecular weight is 334 g/mol. The molecule has 25 heavy (non-hydrogen) atoms. The highest BCUT2D eigenvalue weighted by Crippen LogP contribution is 2.22. The lowest BCUT2D eigenvalue weighted by Crippen LogP contribution is -2.13. The van der Waals surface area contributed by atoms with Gasteiger partial charge in [-0.05, 0) is 23.8 Å². The van der Waals surface area contributed by atoms with Crippen LogP contribution in [0, 0.1) is 17.1 Å². The third-order valence-electron chi connectivity index (χ3n) is 3.71. The Morgan fingerprint density at radius 3 is 2.68 bits per heavy atom. The van der Waals surface area contributed by atoms with Crippen molar-refractivity contribution in [1.29, 1.82) is 5.26 Å². The lowest BCUT2D eigenvalue weighted by atomic mass is 10.1.